The van der Waals surface area contributed by atoms with Crippen LogP contribution >= 0.6 is 0 Å². The Hall–Kier alpha value is -1.79. The van der Waals surface area contributed by atoms with Crippen LogP contribution in [0.15, 0.2) is 12.1 Å². The van der Waals surface area contributed by atoms with Crippen molar-refractivity contribution in [3.8, 4) is 5.88 Å². The molecule has 1 N–H and O–H groups in total. The molecule has 2 heterocycles. The van der Waals surface area contributed by atoms with Gasteiger partial charge in [-0.05, 0) is 29.5 Å². The maximum absolute atomic E-state index is 13.4. The van der Waals surface area contributed by atoms with Crippen molar-refractivity contribution < 1.29 is 23.4 Å². The number of rotatable bonds is 1. The van der Waals surface area contributed by atoms with E-state index in [4.69, 9.17) is 9.47 Å². The normalized spacial score (nSPS) is 18.4. The summed E-state index contributed by atoms with van der Waals surface area (Å²) in [7, 11) is 1.38. The number of halogens is 2. The molecule has 1 aromatic heterocycles. The predicted molar refractivity (Wildman–Crippen MR) is 62.8 cm³/mol. The van der Waals surface area contributed by atoms with Crippen LogP contribution in [0, 0.1) is 11.6 Å². The van der Waals surface area contributed by atoms with Gasteiger partial charge in [-0.25, -0.2) is 13.8 Å². The first-order valence-corrected chi connectivity index (χ1v) is 5.77. The van der Waals surface area contributed by atoms with Crippen molar-refractivity contribution >= 4 is 10.8 Å². The van der Waals surface area contributed by atoms with Crippen LogP contribution in [0.2, 0.25) is 0 Å². The zero-order chi connectivity index (χ0) is 13.6. The molecule has 0 aliphatic carbocycles. The summed E-state index contributed by atoms with van der Waals surface area (Å²) >= 11 is 0. The zero-order valence-corrected chi connectivity index (χ0v) is 10.1. The van der Waals surface area contributed by atoms with Gasteiger partial charge in [0.25, 0.3) is 0 Å². The third-order valence-electron chi connectivity index (χ3n) is 3.20. The minimum Gasteiger partial charge on any atom is -0.481 e. The highest BCUT2D eigenvalue weighted by Crippen LogP contribution is 2.35. The first-order valence-electron chi connectivity index (χ1n) is 5.77. The lowest BCUT2D eigenvalue weighted by Gasteiger charge is -2.23. The second-order valence-electron chi connectivity index (χ2n) is 4.27. The van der Waals surface area contributed by atoms with Gasteiger partial charge in [0.05, 0.1) is 13.7 Å². The Morgan fingerprint density at radius 2 is 2.00 bits per heavy atom. The topological polar surface area (TPSA) is 51.6 Å². The number of methoxy groups -OCH3 is 1. The number of hydrogen-bond acceptors (Lipinski definition) is 4. The van der Waals surface area contributed by atoms with E-state index < -0.39 is 17.9 Å². The second kappa shape index (κ2) is 4.40. The van der Waals surface area contributed by atoms with Crippen molar-refractivity contribution in [2.45, 2.75) is 12.7 Å². The van der Waals surface area contributed by atoms with Crippen molar-refractivity contribution in [2.75, 3.05) is 13.7 Å². The van der Waals surface area contributed by atoms with E-state index in [-0.39, 0.29) is 5.88 Å². The summed E-state index contributed by atoms with van der Waals surface area (Å²) in [6, 6.07) is 2.16. The van der Waals surface area contributed by atoms with E-state index in [0.29, 0.717) is 35.1 Å². The summed E-state index contributed by atoms with van der Waals surface area (Å²) < 4.78 is 36.9. The molecule has 1 atom stereocenters. The van der Waals surface area contributed by atoms with Crippen molar-refractivity contribution in [3.63, 3.8) is 0 Å². The zero-order valence-electron chi connectivity index (χ0n) is 10.1. The molecule has 6 heteroatoms. The molecule has 4 nitrogen and oxygen atoms in total. The molecule has 1 aliphatic rings. The summed E-state index contributed by atoms with van der Waals surface area (Å²) in [5.41, 5.74) is 0.954. The molecular weight excluding hydrogens is 256 g/mol. The van der Waals surface area contributed by atoms with E-state index in [2.05, 4.69) is 4.98 Å². The fraction of sp³-hybridized carbons (Fsp3) is 0.308. The number of aromatic nitrogens is 1. The van der Waals surface area contributed by atoms with Crippen molar-refractivity contribution in [1.29, 1.82) is 0 Å². The third-order valence-corrected chi connectivity index (χ3v) is 3.20. The van der Waals surface area contributed by atoms with Crippen LogP contribution in [0.25, 0.3) is 10.8 Å². The number of fused-ring (bicyclic) bond motifs is 3. The fourth-order valence-corrected chi connectivity index (χ4v) is 2.32. The molecule has 1 aromatic carbocycles. The van der Waals surface area contributed by atoms with Gasteiger partial charge in [0.15, 0.2) is 17.9 Å². The van der Waals surface area contributed by atoms with Gasteiger partial charge in [-0.2, -0.15) is 0 Å². The van der Waals surface area contributed by atoms with Crippen molar-refractivity contribution in [1.82, 2.24) is 4.98 Å². The number of aliphatic hydroxyl groups excluding tert-OH is 1. The van der Waals surface area contributed by atoms with Crippen LogP contribution in [0.4, 0.5) is 8.78 Å². The third kappa shape index (κ3) is 1.84. The predicted octanol–water partition coefficient (Wildman–Crippen LogP) is 2.09. The average molecular weight is 267 g/mol. The quantitative estimate of drug-likeness (QED) is 0.859. The van der Waals surface area contributed by atoms with Gasteiger partial charge in [0, 0.05) is 5.39 Å². The lowest BCUT2D eigenvalue weighted by Crippen LogP contribution is -2.18. The monoisotopic (exact) mass is 267 g/mol. The SMILES string of the molecule is COc1nc2c(c3cc(F)c(F)cc13)CCOC2O. The number of benzene rings is 1. The standard InChI is InChI=1S/C13H11F2NO3/c1-18-12-8-5-10(15)9(14)4-7(8)6-2-3-19-13(17)11(6)16-12/h4-5,13,17H,2-3H2,1H3. The lowest BCUT2D eigenvalue weighted by molar-refractivity contribution is -0.113. The highest BCUT2D eigenvalue weighted by atomic mass is 19.2. The van der Waals surface area contributed by atoms with Crippen LogP contribution in [-0.2, 0) is 11.2 Å². The number of pyridine rings is 1. The first kappa shape index (κ1) is 12.3. The lowest BCUT2D eigenvalue weighted by atomic mass is 9.99. The van der Waals surface area contributed by atoms with Crippen molar-refractivity contribution in [2.24, 2.45) is 0 Å². The van der Waals surface area contributed by atoms with E-state index >= 15 is 0 Å². The number of nitrogens with zero attached hydrogens (tertiary/aromatic N) is 1. The molecule has 0 radical (unpaired) electrons. The van der Waals surface area contributed by atoms with E-state index in [1.807, 2.05) is 0 Å². The molecule has 3 rings (SSSR count). The van der Waals surface area contributed by atoms with Gasteiger partial charge < -0.3 is 14.6 Å². The smallest absolute Gasteiger partial charge is 0.221 e. The molecule has 1 aliphatic heterocycles. The van der Waals surface area contributed by atoms with E-state index in [0.717, 1.165) is 12.1 Å². The van der Waals surface area contributed by atoms with Gasteiger partial charge in [-0.15, -0.1) is 0 Å². The maximum atomic E-state index is 13.4. The summed E-state index contributed by atoms with van der Waals surface area (Å²) in [6.07, 6.45) is -0.694. The molecule has 100 valence electrons. The summed E-state index contributed by atoms with van der Waals surface area (Å²) in [5, 5.41) is 10.6. The van der Waals surface area contributed by atoms with Gasteiger partial charge in [0.1, 0.15) is 5.69 Å². The maximum Gasteiger partial charge on any atom is 0.221 e. The van der Waals surface area contributed by atoms with E-state index in [1.165, 1.54) is 7.11 Å². The molecule has 0 saturated heterocycles. The van der Waals surface area contributed by atoms with Gasteiger partial charge >= 0.3 is 0 Å². The summed E-state index contributed by atoms with van der Waals surface area (Å²) in [5.74, 6) is -1.76. The van der Waals surface area contributed by atoms with Gasteiger partial charge in [-0.3, -0.25) is 0 Å². The average Bonchev–Trinajstić information content (AvgIpc) is 2.40. The molecule has 0 bridgehead atoms. The molecular formula is C13H11F2NO3. The van der Waals surface area contributed by atoms with Gasteiger partial charge in [0.2, 0.25) is 5.88 Å². The summed E-state index contributed by atoms with van der Waals surface area (Å²) in [4.78, 5) is 4.13. The Labute approximate surface area is 107 Å². The number of hydrogen-bond donors (Lipinski definition) is 1. The number of aliphatic hydroxyl groups is 1. The van der Waals surface area contributed by atoms with Crippen LogP contribution < -0.4 is 4.74 Å². The molecule has 2 aromatic rings. The van der Waals surface area contributed by atoms with Gasteiger partial charge in [-0.1, -0.05) is 0 Å². The van der Waals surface area contributed by atoms with Crippen molar-refractivity contribution in [3.05, 3.63) is 35.0 Å². The second-order valence-corrected chi connectivity index (χ2v) is 4.27. The van der Waals surface area contributed by atoms with Crippen LogP contribution in [0.3, 0.4) is 0 Å². The molecule has 0 saturated carbocycles. The molecule has 0 amide bonds. The highest BCUT2D eigenvalue weighted by molar-refractivity contribution is 5.90. The first-order chi connectivity index (χ1) is 9.11. The number of ether oxygens (including phenoxy) is 2. The minimum atomic E-state index is -1.17. The Balaban J connectivity index is 2.40. The Morgan fingerprint density at radius 1 is 1.32 bits per heavy atom. The minimum absolute atomic E-state index is 0.136. The highest BCUT2D eigenvalue weighted by Gasteiger charge is 2.25. The largest absolute Gasteiger partial charge is 0.481 e. The Morgan fingerprint density at radius 3 is 2.68 bits per heavy atom. The molecule has 1 unspecified atom stereocenters. The Kier molecular flexibility index (Phi) is 2.83. The van der Waals surface area contributed by atoms with Crippen LogP contribution in [0.5, 0.6) is 5.88 Å². The molecule has 19 heavy (non-hydrogen) atoms. The fourth-order valence-electron chi connectivity index (χ4n) is 2.32. The van der Waals surface area contributed by atoms with E-state index in [9.17, 15) is 13.9 Å². The van der Waals surface area contributed by atoms with E-state index in [1.54, 1.807) is 0 Å². The Bertz CT molecular complexity index is 660. The summed E-state index contributed by atoms with van der Waals surface area (Å²) in [6.45, 7) is 0.302. The molecule has 0 spiro atoms. The molecule has 0 fully saturated rings. The van der Waals surface area contributed by atoms with Crippen LogP contribution in [0.1, 0.15) is 17.5 Å². The van der Waals surface area contributed by atoms with Crippen LogP contribution in [-0.4, -0.2) is 23.8 Å².